The van der Waals surface area contributed by atoms with Crippen LogP contribution in [-0.4, -0.2) is 49.8 Å². The Labute approximate surface area is 181 Å². The third kappa shape index (κ3) is 5.30. The first-order valence-electron chi connectivity index (χ1n) is 9.77. The highest BCUT2D eigenvalue weighted by molar-refractivity contribution is 6.30. The van der Waals surface area contributed by atoms with Crippen molar-refractivity contribution in [2.24, 2.45) is 5.92 Å². The molecular formula is C22H25ClN4O3. The molecule has 3 amide bonds. The summed E-state index contributed by atoms with van der Waals surface area (Å²) < 4.78 is 0. The van der Waals surface area contributed by atoms with Gasteiger partial charge in [0.2, 0.25) is 5.91 Å². The van der Waals surface area contributed by atoms with Gasteiger partial charge in [0.15, 0.2) is 0 Å². The van der Waals surface area contributed by atoms with Gasteiger partial charge in [-0.2, -0.15) is 0 Å². The van der Waals surface area contributed by atoms with Crippen LogP contribution in [0, 0.1) is 5.92 Å². The highest BCUT2D eigenvalue weighted by Gasteiger charge is 2.29. The minimum absolute atomic E-state index is 0.131. The second kappa shape index (κ2) is 9.63. The van der Waals surface area contributed by atoms with Crippen molar-refractivity contribution in [2.75, 3.05) is 32.1 Å². The summed E-state index contributed by atoms with van der Waals surface area (Å²) in [6.45, 7) is 0.897. The van der Waals surface area contributed by atoms with Gasteiger partial charge in [-0.15, -0.1) is 0 Å². The lowest BCUT2D eigenvalue weighted by Crippen LogP contribution is -2.50. The third-order valence-corrected chi connectivity index (χ3v) is 5.35. The average molecular weight is 429 g/mol. The van der Waals surface area contributed by atoms with E-state index in [4.69, 9.17) is 11.6 Å². The number of rotatable bonds is 4. The van der Waals surface area contributed by atoms with Crippen LogP contribution in [-0.2, 0) is 4.79 Å². The van der Waals surface area contributed by atoms with E-state index < -0.39 is 5.91 Å². The van der Waals surface area contributed by atoms with E-state index in [0.29, 0.717) is 35.7 Å². The van der Waals surface area contributed by atoms with Crippen LogP contribution >= 0.6 is 11.6 Å². The van der Waals surface area contributed by atoms with Crippen molar-refractivity contribution in [3.63, 3.8) is 0 Å². The number of hydrogen-bond acceptors (Lipinski definition) is 4. The predicted octanol–water partition coefficient (Wildman–Crippen LogP) is 2.72. The maximum Gasteiger partial charge on any atom is 0.269 e. The van der Waals surface area contributed by atoms with Crippen LogP contribution in [0.15, 0.2) is 48.5 Å². The summed E-state index contributed by atoms with van der Waals surface area (Å²) >= 11 is 5.88. The normalized spacial score (nSPS) is 16.0. The first-order chi connectivity index (χ1) is 14.3. The minimum atomic E-state index is -0.392. The highest BCUT2D eigenvalue weighted by atomic mass is 35.5. The Hall–Kier alpha value is -3.06. The summed E-state index contributed by atoms with van der Waals surface area (Å²) in [4.78, 5) is 41.2. The highest BCUT2D eigenvalue weighted by Crippen LogP contribution is 2.20. The summed E-state index contributed by atoms with van der Waals surface area (Å²) in [5.41, 5.74) is 6.84. The van der Waals surface area contributed by atoms with Crippen molar-refractivity contribution in [3.8, 4) is 0 Å². The van der Waals surface area contributed by atoms with Crippen LogP contribution < -0.4 is 15.8 Å². The summed E-state index contributed by atoms with van der Waals surface area (Å²) in [5, 5.41) is 0.564. The monoisotopic (exact) mass is 428 g/mol. The molecule has 3 rings (SSSR count). The maximum atomic E-state index is 12.7. The van der Waals surface area contributed by atoms with Crippen LogP contribution in [0.1, 0.15) is 33.6 Å². The topological polar surface area (TPSA) is 81.8 Å². The smallest absolute Gasteiger partial charge is 0.269 e. The zero-order valence-corrected chi connectivity index (χ0v) is 17.8. The van der Waals surface area contributed by atoms with E-state index in [9.17, 15) is 14.4 Å². The second-order valence-corrected chi connectivity index (χ2v) is 7.92. The lowest BCUT2D eigenvalue weighted by atomic mass is 9.96. The van der Waals surface area contributed by atoms with Gasteiger partial charge in [0.05, 0.1) is 5.92 Å². The molecule has 1 atom stereocenters. The fraction of sp³-hybridized carbons (Fsp3) is 0.318. The van der Waals surface area contributed by atoms with E-state index in [-0.39, 0.29) is 17.7 Å². The Bertz CT molecular complexity index is 930. The second-order valence-electron chi connectivity index (χ2n) is 7.49. The quantitative estimate of drug-likeness (QED) is 0.733. The molecule has 1 unspecified atom stereocenters. The largest absolute Gasteiger partial charge is 0.378 e. The fourth-order valence-corrected chi connectivity index (χ4v) is 3.49. The average Bonchev–Trinajstić information content (AvgIpc) is 2.77. The zero-order chi connectivity index (χ0) is 21.7. The van der Waals surface area contributed by atoms with E-state index in [0.717, 1.165) is 12.1 Å². The molecule has 1 heterocycles. The van der Waals surface area contributed by atoms with Gasteiger partial charge in [-0.3, -0.25) is 25.2 Å². The Kier molecular flexibility index (Phi) is 6.95. The van der Waals surface area contributed by atoms with Crippen LogP contribution in [0.4, 0.5) is 5.69 Å². The number of hydrazine groups is 1. The number of nitrogens with one attached hydrogen (secondary N) is 2. The number of nitrogens with zero attached hydrogens (tertiary/aromatic N) is 2. The molecule has 158 valence electrons. The van der Waals surface area contributed by atoms with Gasteiger partial charge in [-0.05, 0) is 55.3 Å². The molecule has 1 aliphatic rings. The van der Waals surface area contributed by atoms with Crippen molar-refractivity contribution in [2.45, 2.75) is 12.8 Å². The number of halogens is 1. The van der Waals surface area contributed by atoms with Gasteiger partial charge in [0, 0.05) is 49.0 Å². The molecule has 0 aromatic heterocycles. The molecule has 0 spiro atoms. The first-order valence-corrected chi connectivity index (χ1v) is 10.2. The molecular weight excluding hydrogens is 404 g/mol. The predicted molar refractivity (Wildman–Crippen MR) is 116 cm³/mol. The van der Waals surface area contributed by atoms with Crippen LogP contribution in [0.25, 0.3) is 0 Å². The first kappa shape index (κ1) is 21.6. The van der Waals surface area contributed by atoms with Crippen LogP contribution in [0.2, 0.25) is 5.02 Å². The molecule has 2 aromatic rings. The molecule has 2 N–H and O–H groups in total. The van der Waals surface area contributed by atoms with Gasteiger partial charge in [0.25, 0.3) is 11.8 Å². The molecule has 1 aliphatic heterocycles. The summed E-state index contributed by atoms with van der Waals surface area (Å²) in [6, 6.07) is 13.8. The van der Waals surface area contributed by atoms with Crippen molar-refractivity contribution in [1.82, 2.24) is 15.8 Å². The van der Waals surface area contributed by atoms with Crippen LogP contribution in [0.5, 0.6) is 0 Å². The molecule has 2 aromatic carbocycles. The number of likely N-dealkylation sites (tertiary alicyclic amines) is 1. The van der Waals surface area contributed by atoms with E-state index in [2.05, 4.69) is 10.9 Å². The summed E-state index contributed by atoms with van der Waals surface area (Å²) in [5.74, 6) is -1.21. The van der Waals surface area contributed by atoms with Crippen molar-refractivity contribution >= 4 is 35.0 Å². The molecule has 0 aliphatic carbocycles. The Morgan fingerprint density at radius 1 is 1.03 bits per heavy atom. The number of anilines is 1. The maximum absolute atomic E-state index is 12.7. The molecule has 7 nitrogen and oxygen atoms in total. The Balaban J connectivity index is 1.56. The van der Waals surface area contributed by atoms with E-state index >= 15 is 0 Å². The summed E-state index contributed by atoms with van der Waals surface area (Å²) in [6.07, 6.45) is 1.37. The minimum Gasteiger partial charge on any atom is -0.378 e. The SMILES string of the molecule is CN(C)c1cccc(C(=O)NNC(=O)C2CCCN(C(=O)c3ccc(Cl)cc3)C2)c1. The fourth-order valence-electron chi connectivity index (χ4n) is 3.37. The Morgan fingerprint density at radius 2 is 1.77 bits per heavy atom. The molecule has 0 radical (unpaired) electrons. The van der Waals surface area contributed by atoms with Gasteiger partial charge < -0.3 is 9.80 Å². The summed E-state index contributed by atoms with van der Waals surface area (Å²) in [7, 11) is 3.78. The number of benzene rings is 2. The standard InChI is InChI=1S/C22H25ClN4O3/c1-26(2)19-7-3-5-16(13-19)20(28)24-25-21(29)17-6-4-12-27(14-17)22(30)15-8-10-18(23)11-9-15/h3,5,7-11,13,17H,4,6,12,14H2,1-2H3,(H,24,28)(H,25,29). The number of piperidine rings is 1. The number of hydrogen-bond donors (Lipinski definition) is 2. The molecule has 1 saturated heterocycles. The van der Waals surface area contributed by atoms with Crippen molar-refractivity contribution in [1.29, 1.82) is 0 Å². The van der Waals surface area contributed by atoms with Gasteiger partial charge in [0.1, 0.15) is 0 Å². The molecule has 30 heavy (non-hydrogen) atoms. The Morgan fingerprint density at radius 3 is 2.47 bits per heavy atom. The zero-order valence-electron chi connectivity index (χ0n) is 17.0. The van der Waals surface area contributed by atoms with Crippen LogP contribution in [0.3, 0.4) is 0 Å². The lowest BCUT2D eigenvalue weighted by molar-refractivity contribution is -0.127. The third-order valence-electron chi connectivity index (χ3n) is 5.09. The number of carbonyl (C=O) groups excluding carboxylic acids is 3. The van der Waals surface area contributed by atoms with Gasteiger partial charge in [-0.1, -0.05) is 17.7 Å². The van der Waals surface area contributed by atoms with Gasteiger partial charge in [-0.25, -0.2) is 0 Å². The number of carbonyl (C=O) groups is 3. The van der Waals surface area contributed by atoms with E-state index in [1.165, 1.54) is 0 Å². The lowest BCUT2D eigenvalue weighted by Gasteiger charge is -2.32. The molecule has 0 bridgehead atoms. The van der Waals surface area contributed by atoms with Crippen molar-refractivity contribution in [3.05, 3.63) is 64.7 Å². The molecule has 1 fully saturated rings. The van der Waals surface area contributed by atoms with Gasteiger partial charge >= 0.3 is 0 Å². The van der Waals surface area contributed by atoms with Crippen molar-refractivity contribution < 1.29 is 14.4 Å². The number of amides is 3. The van der Waals surface area contributed by atoms with E-state index in [1.54, 1.807) is 47.4 Å². The molecule has 8 heteroatoms. The molecule has 0 saturated carbocycles. The van der Waals surface area contributed by atoms with E-state index in [1.807, 2.05) is 25.1 Å².